The van der Waals surface area contributed by atoms with Crippen molar-refractivity contribution in [1.82, 2.24) is 25.1 Å². The summed E-state index contributed by atoms with van der Waals surface area (Å²) in [6, 6.07) is 14.6. The molecule has 0 atom stereocenters. The molecule has 1 amide bonds. The minimum atomic E-state index is 0.103. The van der Waals surface area contributed by atoms with Crippen LogP contribution in [-0.2, 0) is 4.79 Å². The summed E-state index contributed by atoms with van der Waals surface area (Å²) in [6.45, 7) is 2.15. The fourth-order valence-electron chi connectivity index (χ4n) is 6.17. The molecule has 5 aromatic rings. The van der Waals surface area contributed by atoms with Gasteiger partial charge in [0.25, 0.3) is 0 Å². The number of nitrogens with zero attached hydrogens (tertiary/aromatic N) is 4. The molecule has 1 aliphatic heterocycles. The zero-order valence-electron chi connectivity index (χ0n) is 22.0. The summed E-state index contributed by atoms with van der Waals surface area (Å²) in [5, 5.41) is 11.9. The van der Waals surface area contributed by atoms with Gasteiger partial charge >= 0.3 is 0 Å². The molecule has 3 aromatic heterocycles. The maximum atomic E-state index is 12.8. The van der Waals surface area contributed by atoms with Crippen molar-refractivity contribution in [1.29, 1.82) is 0 Å². The van der Waals surface area contributed by atoms with Crippen molar-refractivity contribution >= 4 is 39.2 Å². The maximum Gasteiger partial charge on any atom is 0.227 e. The fourth-order valence-corrected chi connectivity index (χ4v) is 6.17. The molecule has 8 nitrogen and oxygen atoms in total. The topological polar surface area (TPSA) is 103 Å². The second-order valence-corrected chi connectivity index (χ2v) is 10.9. The molecule has 1 saturated carbocycles. The number of benzene rings is 2. The van der Waals surface area contributed by atoms with E-state index >= 15 is 0 Å². The summed E-state index contributed by atoms with van der Waals surface area (Å²) in [6.07, 6.45) is 12.7. The molecule has 0 unspecified atom stereocenters. The van der Waals surface area contributed by atoms with E-state index in [9.17, 15) is 4.79 Å². The van der Waals surface area contributed by atoms with Gasteiger partial charge < -0.3 is 15.2 Å². The molecule has 0 bridgehead atoms. The number of para-hydroxylation sites is 1. The monoisotopic (exact) mass is 519 g/mol. The number of aromatic amines is 2. The van der Waals surface area contributed by atoms with Crippen LogP contribution in [0, 0.1) is 5.92 Å². The van der Waals surface area contributed by atoms with Gasteiger partial charge in [0.15, 0.2) is 5.82 Å². The Morgan fingerprint density at radius 1 is 0.897 bits per heavy atom. The van der Waals surface area contributed by atoms with Gasteiger partial charge in [-0.25, -0.2) is 4.98 Å². The number of carbonyl (C=O) groups excluding carboxylic acids is 1. The van der Waals surface area contributed by atoms with Crippen molar-refractivity contribution in [3.05, 3.63) is 54.9 Å². The lowest BCUT2D eigenvalue weighted by atomic mass is 9.88. The number of piperidine rings is 1. The van der Waals surface area contributed by atoms with Gasteiger partial charge in [-0.1, -0.05) is 31.4 Å². The van der Waals surface area contributed by atoms with Crippen LogP contribution in [0.2, 0.25) is 0 Å². The summed E-state index contributed by atoms with van der Waals surface area (Å²) in [4.78, 5) is 28.2. The van der Waals surface area contributed by atoms with Crippen LogP contribution in [0.3, 0.4) is 0 Å². The van der Waals surface area contributed by atoms with E-state index in [0.29, 0.717) is 0 Å². The van der Waals surface area contributed by atoms with E-state index in [2.05, 4.69) is 60.7 Å². The van der Waals surface area contributed by atoms with Gasteiger partial charge in [-0.2, -0.15) is 5.10 Å². The predicted molar refractivity (Wildman–Crippen MR) is 156 cm³/mol. The third kappa shape index (κ3) is 4.64. The van der Waals surface area contributed by atoms with E-state index in [-0.39, 0.29) is 11.8 Å². The van der Waals surface area contributed by atoms with Crippen LogP contribution in [0.1, 0.15) is 51.4 Å². The van der Waals surface area contributed by atoms with Crippen LogP contribution < -0.4 is 10.2 Å². The first-order chi connectivity index (χ1) is 19.2. The van der Waals surface area contributed by atoms with E-state index in [4.69, 9.17) is 4.98 Å². The number of hydrogen-bond donors (Lipinski definition) is 3. The molecule has 1 aliphatic carbocycles. The molecule has 2 fully saturated rings. The number of hydrogen-bond acceptors (Lipinski definition) is 5. The first kappa shape index (κ1) is 23.9. The van der Waals surface area contributed by atoms with E-state index in [1.165, 1.54) is 31.4 Å². The number of rotatable bonds is 5. The third-order valence-corrected chi connectivity index (χ3v) is 8.29. The highest BCUT2D eigenvalue weighted by molar-refractivity contribution is 5.98. The molecule has 7 rings (SSSR count). The Morgan fingerprint density at radius 3 is 2.62 bits per heavy atom. The molecule has 4 heterocycles. The summed E-state index contributed by atoms with van der Waals surface area (Å²) < 4.78 is 0. The molecule has 1 saturated heterocycles. The Balaban J connectivity index is 1.20. The smallest absolute Gasteiger partial charge is 0.227 e. The van der Waals surface area contributed by atoms with Crippen molar-refractivity contribution in [3.63, 3.8) is 0 Å². The van der Waals surface area contributed by atoms with Crippen LogP contribution in [0.4, 0.5) is 11.4 Å². The molecule has 2 aromatic carbocycles. The number of nitrogens with one attached hydrogen (secondary N) is 3. The minimum Gasteiger partial charge on any atom is -0.370 e. The average Bonchev–Trinajstić information content (AvgIpc) is 3.62. The van der Waals surface area contributed by atoms with Gasteiger partial charge in [0.1, 0.15) is 11.2 Å². The summed E-state index contributed by atoms with van der Waals surface area (Å²) in [5.41, 5.74) is 7.63. The predicted octanol–water partition coefficient (Wildman–Crippen LogP) is 6.68. The van der Waals surface area contributed by atoms with Gasteiger partial charge in [-0.05, 0) is 68.0 Å². The Bertz CT molecular complexity index is 1640. The number of carbonyl (C=O) groups is 1. The molecular weight excluding hydrogens is 486 g/mol. The first-order valence-electron chi connectivity index (χ1n) is 14.2. The molecule has 0 spiro atoms. The zero-order chi connectivity index (χ0) is 26.2. The summed E-state index contributed by atoms with van der Waals surface area (Å²) in [5.74, 6) is 0.964. The number of H-pyrrole nitrogens is 2. The van der Waals surface area contributed by atoms with E-state index in [1.54, 1.807) is 6.20 Å². The van der Waals surface area contributed by atoms with Gasteiger partial charge in [-0.15, -0.1) is 0 Å². The van der Waals surface area contributed by atoms with Crippen LogP contribution in [0.5, 0.6) is 0 Å². The summed E-state index contributed by atoms with van der Waals surface area (Å²) >= 11 is 0. The lowest BCUT2D eigenvalue weighted by Gasteiger charge is -2.28. The second kappa shape index (κ2) is 10.2. The molecule has 2 aliphatic rings. The number of fused-ring (bicyclic) bond motifs is 2. The van der Waals surface area contributed by atoms with Crippen LogP contribution in [-0.4, -0.2) is 44.1 Å². The van der Waals surface area contributed by atoms with E-state index in [0.717, 1.165) is 89.0 Å². The Morgan fingerprint density at radius 2 is 1.74 bits per heavy atom. The number of anilines is 2. The van der Waals surface area contributed by atoms with Crippen LogP contribution in [0.15, 0.2) is 54.9 Å². The number of pyridine rings is 1. The van der Waals surface area contributed by atoms with Gasteiger partial charge in [-0.3, -0.25) is 14.9 Å². The van der Waals surface area contributed by atoms with Crippen molar-refractivity contribution < 1.29 is 4.79 Å². The Kier molecular flexibility index (Phi) is 6.23. The first-order valence-corrected chi connectivity index (χ1v) is 14.2. The standard InChI is InChI=1S/C31H33N7O/c39-31(20-8-3-1-4-9-20)33-23-16-22(18-32-19-23)21-12-13-25-24(17-21)28(37-36-25)30-34-26-10-7-11-27(29(26)35-30)38-14-5-2-6-15-38/h7,10-13,16-20H,1-6,8-9,14-15H2,(H,33,39)(H,34,35)(H,36,37). The molecule has 0 radical (unpaired) electrons. The lowest BCUT2D eigenvalue weighted by Crippen LogP contribution is -2.29. The SMILES string of the molecule is O=C(Nc1cncc(-c2ccc3[nH]nc(-c4nc5c(N6CCCCC6)cccc5[nH]4)c3c2)c1)C1CCCCC1. The number of aromatic nitrogens is 5. The molecule has 3 N–H and O–H groups in total. The lowest BCUT2D eigenvalue weighted by molar-refractivity contribution is -0.120. The zero-order valence-corrected chi connectivity index (χ0v) is 22.0. The molecule has 198 valence electrons. The summed E-state index contributed by atoms with van der Waals surface area (Å²) in [7, 11) is 0. The van der Waals surface area contributed by atoms with Gasteiger partial charge in [0.2, 0.25) is 5.91 Å². The van der Waals surface area contributed by atoms with Crippen molar-refractivity contribution in [2.24, 2.45) is 5.92 Å². The van der Waals surface area contributed by atoms with E-state index < -0.39 is 0 Å². The Labute approximate surface area is 227 Å². The largest absolute Gasteiger partial charge is 0.370 e. The van der Waals surface area contributed by atoms with Crippen molar-refractivity contribution in [3.8, 4) is 22.6 Å². The fraction of sp³-hybridized carbons (Fsp3) is 0.355. The van der Waals surface area contributed by atoms with Crippen molar-refractivity contribution in [2.75, 3.05) is 23.3 Å². The quantitative estimate of drug-likeness (QED) is 0.240. The molecule has 8 heteroatoms. The van der Waals surface area contributed by atoms with Gasteiger partial charge in [0.05, 0.1) is 28.6 Å². The highest BCUT2D eigenvalue weighted by atomic mass is 16.1. The molecule has 39 heavy (non-hydrogen) atoms. The Hall–Kier alpha value is -4.20. The van der Waals surface area contributed by atoms with Crippen molar-refractivity contribution in [2.45, 2.75) is 51.4 Å². The van der Waals surface area contributed by atoms with Gasteiger partial charge in [0, 0.05) is 36.2 Å². The minimum absolute atomic E-state index is 0.103. The van der Waals surface area contributed by atoms with E-state index in [1.807, 2.05) is 18.3 Å². The normalized spacial score (nSPS) is 16.7. The number of imidazole rings is 1. The maximum absolute atomic E-state index is 12.8. The highest BCUT2D eigenvalue weighted by Gasteiger charge is 2.22. The molecular formula is C31H33N7O. The second-order valence-electron chi connectivity index (χ2n) is 10.9. The highest BCUT2D eigenvalue weighted by Crippen LogP contribution is 2.34. The van der Waals surface area contributed by atoms with Crippen LogP contribution >= 0.6 is 0 Å². The number of amides is 1. The average molecular weight is 520 g/mol. The third-order valence-electron chi connectivity index (χ3n) is 8.29. The van der Waals surface area contributed by atoms with Crippen LogP contribution in [0.25, 0.3) is 44.6 Å².